The molecule has 3 amide bonds. The van der Waals surface area contributed by atoms with Crippen molar-refractivity contribution in [2.24, 2.45) is 0 Å². The Morgan fingerprint density at radius 1 is 1.03 bits per heavy atom. The monoisotopic (exact) mass is 595 g/mol. The summed E-state index contributed by atoms with van der Waals surface area (Å²) < 4.78 is 13.3. The number of ether oxygens (including phenoxy) is 2. The number of hydrogen-bond acceptors (Lipinski definition) is 6. The summed E-state index contributed by atoms with van der Waals surface area (Å²) in [5.74, 6) is -0.729. The molecule has 0 spiro atoms. The molecule has 39 heavy (non-hydrogen) atoms. The SMILES string of the molecule is CC(C)(C)OC(=O)N1C(=O)[C@@H]2CCCN2C(=O)[C@@H]1Cc1cn(C(=O)OCc2ccccc2)c2cc(Br)ccc12. The minimum absolute atomic E-state index is 0.0319. The van der Waals surface area contributed by atoms with Crippen molar-refractivity contribution in [3.05, 3.63) is 70.3 Å². The predicted octanol–water partition coefficient (Wildman–Crippen LogP) is 5.27. The van der Waals surface area contributed by atoms with Crippen LogP contribution in [0.3, 0.4) is 0 Å². The van der Waals surface area contributed by atoms with Crippen molar-refractivity contribution in [2.75, 3.05) is 6.54 Å². The van der Waals surface area contributed by atoms with E-state index in [1.807, 2.05) is 42.5 Å². The van der Waals surface area contributed by atoms with Crippen LogP contribution in [0.4, 0.5) is 9.59 Å². The number of aromatic nitrogens is 1. The number of rotatable bonds is 4. The number of fused-ring (bicyclic) bond motifs is 2. The first-order chi connectivity index (χ1) is 18.5. The van der Waals surface area contributed by atoms with E-state index in [-0.39, 0.29) is 18.9 Å². The van der Waals surface area contributed by atoms with Gasteiger partial charge in [-0.3, -0.25) is 14.2 Å². The number of piperazine rings is 1. The van der Waals surface area contributed by atoms with Crippen LogP contribution in [0.15, 0.2) is 59.2 Å². The Morgan fingerprint density at radius 2 is 1.77 bits per heavy atom. The number of benzene rings is 2. The molecule has 1 aromatic heterocycles. The molecule has 2 saturated heterocycles. The van der Waals surface area contributed by atoms with Crippen molar-refractivity contribution in [3.8, 4) is 0 Å². The van der Waals surface area contributed by atoms with E-state index in [2.05, 4.69) is 15.9 Å². The second-order valence-electron chi connectivity index (χ2n) is 10.8. The van der Waals surface area contributed by atoms with Crippen LogP contribution in [0, 0.1) is 0 Å². The minimum Gasteiger partial charge on any atom is -0.444 e. The fraction of sp³-hybridized carbons (Fsp3) is 0.379. The van der Waals surface area contributed by atoms with Crippen LogP contribution in [-0.4, -0.2) is 62.6 Å². The number of halogens is 1. The zero-order chi connectivity index (χ0) is 27.9. The van der Waals surface area contributed by atoms with E-state index in [4.69, 9.17) is 9.47 Å². The molecule has 2 fully saturated rings. The molecule has 0 aliphatic carbocycles. The summed E-state index contributed by atoms with van der Waals surface area (Å²) in [4.78, 5) is 56.0. The third-order valence-corrected chi connectivity index (χ3v) is 7.40. The van der Waals surface area contributed by atoms with E-state index >= 15 is 0 Å². The van der Waals surface area contributed by atoms with E-state index in [9.17, 15) is 19.2 Å². The summed E-state index contributed by atoms with van der Waals surface area (Å²) in [5, 5.41) is 0.711. The number of hydrogen-bond donors (Lipinski definition) is 0. The van der Waals surface area contributed by atoms with Gasteiger partial charge in [0.05, 0.1) is 5.52 Å². The Hall–Kier alpha value is -3.66. The fourth-order valence-corrected chi connectivity index (χ4v) is 5.54. The lowest BCUT2D eigenvalue weighted by Crippen LogP contribution is -2.65. The summed E-state index contributed by atoms with van der Waals surface area (Å²) in [6.45, 7) is 5.70. The van der Waals surface area contributed by atoms with Gasteiger partial charge >= 0.3 is 12.2 Å². The second-order valence-corrected chi connectivity index (χ2v) is 11.7. The molecule has 2 aliphatic heterocycles. The smallest absolute Gasteiger partial charge is 0.418 e. The van der Waals surface area contributed by atoms with E-state index in [0.717, 1.165) is 14.9 Å². The molecule has 0 saturated carbocycles. The third kappa shape index (κ3) is 5.43. The third-order valence-electron chi connectivity index (χ3n) is 6.91. The lowest BCUT2D eigenvalue weighted by atomic mass is 9.98. The largest absolute Gasteiger partial charge is 0.444 e. The van der Waals surface area contributed by atoms with Crippen LogP contribution < -0.4 is 0 Å². The molecule has 10 heteroatoms. The Labute approximate surface area is 234 Å². The maximum Gasteiger partial charge on any atom is 0.418 e. The second kappa shape index (κ2) is 10.5. The van der Waals surface area contributed by atoms with E-state index < -0.39 is 35.8 Å². The van der Waals surface area contributed by atoms with Gasteiger partial charge in [0.2, 0.25) is 5.91 Å². The molecule has 0 unspecified atom stereocenters. The van der Waals surface area contributed by atoms with Crippen molar-refractivity contribution in [1.29, 1.82) is 0 Å². The van der Waals surface area contributed by atoms with E-state index in [1.165, 1.54) is 4.57 Å². The molecule has 2 atom stereocenters. The highest BCUT2D eigenvalue weighted by Gasteiger charge is 2.51. The summed E-state index contributed by atoms with van der Waals surface area (Å²) >= 11 is 3.46. The van der Waals surface area contributed by atoms with Crippen LogP contribution in [0.2, 0.25) is 0 Å². The van der Waals surface area contributed by atoms with Gasteiger partial charge in [-0.1, -0.05) is 52.3 Å². The van der Waals surface area contributed by atoms with Gasteiger partial charge < -0.3 is 14.4 Å². The van der Waals surface area contributed by atoms with Crippen molar-refractivity contribution in [1.82, 2.24) is 14.4 Å². The predicted molar refractivity (Wildman–Crippen MR) is 147 cm³/mol. The maximum atomic E-state index is 13.6. The van der Waals surface area contributed by atoms with Crippen LogP contribution in [0.25, 0.3) is 10.9 Å². The Morgan fingerprint density at radius 3 is 2.49 bits per heavy atom. The standard InChI is InChI=1S/C29H30BrN3O6/c1-29(2,3)39-28(37)33-24(25(34)31-13-7-10-22(31)26(33)35)14-19-16-32(23-15-20(30)11-12-21(19)23)27(36)38-17-18-8-5-4-6-9-18/h4-6,8-9,11-12,15-16,22,24H,7,10,13-14,17H2,1-3H3/t22-,24-/m0/s1. The van der Waals surface area contributed by atoms with Crippen LogP contribution >= 0.6 is 15.9 Å². The minimum atomic E-state index is -1.09. The summed E-state index contributed by atoms with van der Waals surface area (Å²) in [7, 11) is 0. The van der Waals surface area contributed by atoms with E-state index in [1.54, 1.807) is 37.9 Å². The molecule has 0 radical (unpaired) electrons. The summed E-state index contributed by atoms with van der Waals surface area (Å²) in [6, 6.07) is 13.1. The van der Waals surface area contributed by atoms with Gasteiger partial charge in [-0.2, -0.15) is 0 Å². The normalized spacial score (nSPS) is 19.4. The first kappa shape index (κ1) is 26.9. The van der Waals surface area contributed by atoms with Gasteiger partial charge in [0.25, 0.3) is 5.91 Å². The molecule has 0 bridgehead atoms. The quantitative estimate of drug-likeness (QED) is 0.407. The zero-order valence-electron chi connectivity index (χ0n) is 22.1. The zero-order valence-corrected chi connectivity index (χ0v) is 23.6. The average Bonchev–Trinajstić information content (AvgIpc) is 3.51. The molecule has 0 N–H and O–H groups in total. The van der Waals surface area contributed by atoms with Gasteiger partial charge in [0, 0.05) is 29.0 Å². The van der Waals surface area contributed by atoms with Crippen molar-refractivity contribution in [2.45, 2.75) is 64.3 Å². The first-order valence-electron chi connectivity index (χ1n) is 12.9. The van der Waals surface area contributed by atoms with Crippen molar-refractivity contribution < 1.29 is 28.7 Å². The highest BCUT2D eigenvalue weighted by Crippen LogP contribution is 2.32. The molecular weight excluding hydrogens is 566 g/mol. The number of amides is 3. The molecule has 2 aromatic carbocycles. The topological polar surface area (TPSA) is 98.1 Å². The lowest BCUT2D eigenvalue weighted by Gasteiger charge is -2.41. The van der Waals surface area contributed by atoms with Gasteiger partial charge in [0.1, 0.15) is 24.3 Å². The Balaban J connectivity index is 1.49. The number of carbonyl (C=O) groups is 4. The number of carbonyl (C=O) groups excluding carboxylic acids is 4. The number of imide groups is 1. The maximum absolute atomic E-state index is 13.6. The van der Waals surface area contributed by atoms with Crippen LogP contribution in [0.5, 0.6) is 0 Å². The summed E-state index contributed by atoms with van der Waals surface area (Å²) in [6.07, 6.45) is 1.43. The summed E-state index contributed by atoms with van der Waals surface area (Å²) in [5.41, 5.74) is 1.22. The fourth-order valence-electron chi connectivity index (χ4n) is 5.19. The van der Waals surface area contributed by atoms with Gasteiger partial charge in [-0.25, -0.2) is 14.5 Å². The highest BCUT2D eigenvalue weighted by atomic mass is 79.9. The molecule has 3 aromatic rings. The Kier molecular flexibility index (Phi) is 7.24. The molecule has 5 rings (SSSR count). The highest BCUT2D eigenvalue weighted by molar-refractivity contribution is 9.10. The van der Waals surface area contributed by atoms with Crippen molar-refractivity contribution >= 4 is 50.8 Å². The van der Waals surface area contributed by atoms with Gasteiger partial charge in [-0.15, -0.1) is 0 Å². The van der Waals surface area contributed by atoms with E-state index in [0.29, 0.717) is 35.9 Å². The average molecular weight is 596 g/mol. The van der Waals surface area contributed by atoms with Crippen LogP contribution in [-0.2, 0) is 32.1 Å². The number of nitrogens with zero attached hydrogens (tertiary/aromatic N) is 3. The Bertz CT molecular complexity index is 1440. The molecule has 9 nitrogen and oxygen atoms in total. The van der Waals surface area contributed by atoms with Gasteiger partial charge in [-0.05, 0) is 56.9 Å². The molecule has 3 heterocycles. The first-order valence-corrected chi connectivity index (χ1v) is 13.7. The van der Waals surface area contributed by atoms with Gasteiger partial charge in [0.15, 0.2) is 0 Å². The molecule has 2 aliphatic rings. The van der Waals surface area contributed by atoms with Crippen LogP contribution in [0.1, 0.15) is 44.7 Å². The lowest BCUT2D eigenvalue weighted by molar-refractivity contribution is -0.158. The molecule has 204 valence electrons. The van der Waals surface area contributed by atoms with Crippen molar-refractivity contribution in [3.63, 3.8) is 0 Å². The molecular formula is C29H30BrN3O6.